The Labute approximate surface area is 170 Å². The minimum Gasteiger partial charge on any atom is -0.465 e. The van der Waals surface area contributed by atoms with Gasteiger partial charge in [0.25, 0.3) is 5.91 Å². The van der Waals surface area contributed by atoms with Gasteiger partial charge in [0.1, 0.15) is 10.6 Å². The maximum absolute atomic E-state index is 12.6. The highest BCUT2D eigenvalue weighted by atomic mass is 79.9. The number of hydrogen-bond donors (Lipinski definition) is 1. The fraction of sp³-hybridized carbons (Fsp3) is 0.143. The number of carbonyl (C=O) groups is 2. The van der Waals surface area contributed by atoms with Crippen molar-refractivity contribution in [1.82, 2.24) is 0 Å². The summed E-state index contributed by atoms with van der Waals surface area (Å²) in [7, 11) is 1.34. The summed E-state index contributed by atoms with van der Waals surface area (Å²) in [6.07, 6.45) is 0. The first kappa shape index (κ1) is 19.3. The number of hydrogen-bond acceptors (Lipinski definition) is 4. The zero-order valence-electron chi connectivity index (χ0n) is 15.1. The van der Waals surface area contributed by atoms with Crippen molar-refractivity contribution >= 4 is 44.1 Å². The molecule has 0 saturated heterocycles. The Balaban J connectivity index is 2.04. The standard InChI is InChI=1S/C21H18BrNO3S/c1-12-4-6-14(7-5-12)17-13(2)27-20(18(17)21(25)26-3)23-19(24)15-8-10-16(22)11-9-15/h4-11H,1-3H3,(H,23,24). The largest absolute Gasteiger partial charge is 0.465 e. The second-order valence-corrected chi connectivity index (χ2v) is 8.20. The number of amides is 1. The normalized spacial score (nSPS) is 10.5. The molecule has 6 heteroatoms. The van der Waals surface area contributed by atoms with E-state index in [0.717, 1.165) is 26.0 Å². The van der Waals surface area contributed by atoms with Crippen LogP contribution in [0.5, 0.6) is 0 Å². The Morgan fingerprint density at radius 1 is 1.00 bits per heavy atom. The second-order valence-electron chi connectivity index (χ2n) is 6.06. The summed E-state index contributed by atoms with van der Waals surface area (Å²) in [5, 5.41) is 3.36. The number of nitrogens with one attached hydrogen (secondary N) is 1. The molecule has 0 unspecified atom stereocenters. The van der Waals surface area contributed by atoms with Crippen LogP contribution >= 0.6 is 27.3 Å². The molecule has 1 N–H and O–H groups in total. The van der Waals surface area contributed by atoms with Gasteiger partial charge in [-0.15, -0.1) is 11.3 Å². The van der Waals surface area contributed by atoms with Gasteiger partial charge in [0, 0.05) is 20.5 Å². The number of anilines is 1. The Morgan fingerprint density at radius 3 is 2.22 bits per heavy atom. The molecule has 0 aliphatic rings. The molecule has 27 heavy (non-hydrogen) atoms. The van der Waals surface area contributed by atoms with Gasteiger partial charge in [-0.3, -0.25) is 4.79 Å². The quantitative estimate of drug-likeness (QED) is 0.515. The summed E-state index contributed by atoms with van der Waals surface area (Å²) in [6.45, 7) is 3.94. The third kappa shape index (κ3) is 4.12. The maximum atomic E-state index is 12.6. The number of aryl methyl sites for hydroxylation is 2. The van der Waals surface area contributed by atoms with E-state index < -0.39 is 5.97 Å². The molecule has 3 aromatic rings. The monoisotopic (exact) mass is 443 g/mol. The van der Waals surface area contributed by atoms with Crippen molar-refractivity contribution < 1.29 is 14.3 Å². The Kier molecular flexibility index (Phi) is 5.77. The lowest BCUT2D eigenvalue weighted by Gasteiger charge is -2.08. The van der Waals surface area contributed by atoms with Crippen LogP contribution in [0.3, 0.4) is 0 Å². The molecule has 3 rings (SSSR count). The van der Waals surface area contributed by atoms with E-state index in [9.17, 15) is 9.59 Å². The van der Waals surface area contributed by atoms with Crippen LogP contribution in [0.1, 0.15) is 31.2 Å². The molecular formula is C21H18BrNO3S. The molecule has 1 heterocycles. The van der Waals surface area contributed by atoms with Crippen LogP contribution in [0, 0.1) is 13.8 Å². The molecule has 0 saturated carbocycles. The van der Waals surface area contributed by atoms with Crippen LogP contribution in [0.4, 0.5) is 5.00 Å². The van der Waals surface area contributed by atoms with Crippen molar-refractivity contribution in [3.8, 4) is 11.1 Å². The SMILES string of the molecule is COC(=O)c1c(NC(=O)c2ccc(Br)cc2)sc(C)c1-c1ccc(C)cc1. The minimum absolute atomic E-state index is 0.274. The fourth-order valence-corrected chi connectivity index (χ4v) is 4.10. The average Bonchev–Trinajstić information content (AvgIpc) is 2.98. The van der Waals surface area contributed by atoms with Gasteiger partial charge in [-0.1, -0.05) is 45.8 Å². The molecule has 0 atom stereocenters. The van der Waals surface area contributed by atoms with E-state index in [2.05, 4.69) is 21.2 Å². The zero-order chi connectivity index (χ0) is 19.6. The van der Waals surface area contributed by atoms with E-state index in [1.807, 2.05) is 38.1 Å². The van der Waals surface area contributed by atoms with Gasteiger partial charge in [-0.25, -0.2) is 4.79 Å². The van der Waals surface area contributed by atoms with Crippen molar-refractivity contribution in [3.63, 3.8) is 0 Å². The number of benzene rings is 2. The first-order valence-corrected chi connectivity index (χ1v) is 9.87. The van der Waals surface area contributed by atoms with Gasteiger partial charge >= 0.3 is 5.97 Å². The molecule has 2 aromatic carbocycles. The first-order valence-electron chi connectivity index (χ1n) is 8.26. The average molecular weight is 444 g/mol. The summed E-state index contributed by atoms with van der Waals surface area (Å²) >= 11 is 4.72. The van der Waals surface area contributed by atoms with E-state index in [-0.39, 0.29) is 5.91 Å². The Morgan fingerprint density at radius 2 is 1.63 bits per heavy atom. The number of esters is 1. The highest BCUT2D eigenvalue weighted by molar-refractivity contribution is 9.10. The van der Waals surface area contributed by atoms with Gasteiger partial charge in [0.05, 0.1) is 7.11 Å². The van der Waals surface area contributed by atoms with Crippen molar-refractivity contribution in [2.75, 3.05) is 12.4 Å². The number of thiophene rings is 1. The molecule has 0 aliphatic heterocycles. The summed E-state index contributed by atoms with van der Waals surface area (Å²) in [4.78, 5) is 26.1. The lowest BCUT2D eigenvalue weighted by Crippen LogP contribution is -2.14. The number of rotatable bonds is 4. The molecule has 0 fully saturated rings. The highest BCUT2D eigenvalue weighted by Crippen LogP contribution is 2.40. The van der Waals surface area contributed by atoms with Crippen molar-refractivity contribution in [1.29, 1.82) is 0 Å². The fourth-order valence-electron chi connectivity index (χ4n) is 2.77. The Hall–Kier alpha value is -2.44. The van der Waals surface area contributed by atoms with E-state index in [1.165, 1.54) is 18.4 Å². The van der Waals surface area contributed by atoms with Crippen molar-refractivity contribution in [2.24, 2.45) is 0 Å². The number of methoxy groups -OCH3 is 1. The lowest BCUT2D eigenvalue weighted by atomic mass is 10.0. The molecule has 138 valence electrons. The van der Waals surface area contributed by atoms with E-state index >= 15 is 0 Å². The maximum Gasteiger partial charge on any atom is 0.341 e. The highest BCUT2D eigenvalue weighted by Gasteiger charge is 2.25. The topological polar surface area (TPSA) is 55.4 Å². The predicted octanol–water partition coefficient (Wildman–Crippen LogP) is 5.83. The van der Waals surface area contributed by atoms with E-state index in [0.29, 0.717) is 16.1 Å². The van der Waals surface area contributed by atoms with Crippen LogP contribution in [-0.2, 0) is 4.74 Å². The Bertz CT molecular complexity index is 992. The molecule has 0 bridgehead atoms. The van der Waals surface area contributed by atoms with Gasteiger partial charge in [0.2, 0.25) is 0 Å². The van der Waals surface area contributed by atoms with Crippen molar-refractivity contribution in [2.45, 2.75) is 13.8 Å². The van der Waals surface area contributed by atoms with Crippen LogP contribution < -0.4 is 5.32 Å². The van der Waals surface area contributed by atoms with Gasteiger partial charge < -0.3 is 10.1 Å². The molecule has 0 aliphatic carbocycles. The minimum atomic E-state index is -0.471. The van der Waals surface area contributed by atoms with Gasteiger partial charge in [-0.05, 0) is 43.7 Å². The van der Waals surface area contributed by atoms with Crippen molar-refractivity contribution in [3.05, 3.63) is 74.6 Å². The third-order valence-corrected chi connectivity index (χ3v) is 5.70. The van der Waals surface area contributed by atoms with Gasteiger partial charge in [-0.2, -0.15) is 0 Å². The van der Waals surface area contributed by atoms with Crippen LogP contribution in [-0.4, -0.2) is 19.0 Å². The molecular weight excluding hydrogens is 426 g/mol. The predicted molar refractivity (Wildman–Crippen MR) is 113 cm³/mol. The van der Waals surface area contributed by atoms with Gasteiger partial charge in [0.15, 0.2) is 0 Å². The number of ether oxygens (including phenoxy) is 1. The zero-order valence-corrected chi connectivity index (χ0v) is 17.5. The number of halogens is 1. The first-order chi connectivity index (χ1) is 12.9. The van der Waals surface area contributed by atoms with E-state index in [1.54, 1.807) is 24.3 Å². The molecule has 1 aromatic heterocycles. The summed E-state index contributed by atoms with van der Waals surface area (Å²) in [5.41, 5.74) is 3.73. The van der Waals surface area contributed by atoms with Crippen LogP contribution in [0.15, 0.2) is 53.0 Å². The lowest BCUT2D eigenvalue weighted by molar-refractivity contribution is 0.0603. The summed E-state index contributed by atoms with van der Waals surface area (Å²) < 4.78 is 5.88. The smallest absolute Gasteiger partial charge is 0.341 e. The number of carbonyl (C=O) groups excluding carboxylic acids is 2. The summed E-state index contributed by atoms with van der Waals surface area (Å²) in [5.74, 6) is -0.745. The van der Waals surface area contributed by atoms with Crippen LogP contribution in [0.25, 0.3) is 11.1 Å². The second kappa shape index (κ2) is 8.06. The molecule has 0 radical (unpaired) electrons. The molecule has 4 nitrogen and oxygen atoms in total. The molecule has 1 amide bonds. The summed E-state index contributed by atoms with van der Waals surface area (Å²) in [6, 6.07) is 15.0. The molecule has 0 spiro atoms. The van der Waals surface area contributed by atoms with Crippen LogP contribution in [0.2, 0.25) is 0 Å². The third-order valence-electron chi connectivity index (χ3n) is 4.15. The van der Waals surface area contributed by atoms with E-state index in [4.69, 9.17) is 4.74 Å².